The van der Waals surface area contributed by atoms with Crippen LogP contribution in [0.25, 0.3) is 33.4 Å². The van der Waals surface area contributed by atoms with Gasteiger partial charge in [-0.2, -0.15) is 0 Å². The summed E-state index contributed by atoms with van der Waals surface area (Å²) in [5.41, 5.74) is 3.30. The van der Waals surface area contributed by atoms with Crippen LogP contribution in [-0.4, -0.2) is 30.1 Å². The van der Waals surface area contributed by atoms with Crippen LogP contribution in [0.4, 0.5) is 5.69 Å². The quantitative estimate of drug-likeness (QED) is 0.167. The molecule has 36 heavy (non-hydrogen) atoms. The van der Waals surface area contributed by atoms with E-state index < -0.39 is 5.97 Å². The fourth-order valence-corrected chi connectivity index (χ4v) is 4.22. The Kier molecular flexibility index (Phi) is 7.66. The average Bonchev–Trinajstić information content (AvgIpc) is 2.87. The Bertz CT molecular complexity index is 1480. The lowest BCUT2D eigenvalue weighted by molar-refractivity contribution is -0.120. The minimum atomic E-state index is -1.03. The Morgan fingerprint density at radius 2 is 1.81 bits per heavy atom. The number of unbranched alkanes of at least 4 members (excludes halogenated alkanes) is 2. The maximum absolute atomic E-state index is 12.0. The van der Waals surface area contributed by atoms with E-state index in [0.29, 0.717) is 41.0 Å². The zero-order valence-corrected chi connectivity index (χ0v) is 19.7. The first-order chi connectivity index (χ1) is 17.5. The van der Waals surface area contributed by atoms with Crippen molar-refractivity contribution in [2.75, 3.05) is 18.4 Å². The molecule has 1 amide bonds. The van der Waals surface area contributed by atoms with Crippen molar-refractivity contribution in [2.24, 2.45) is 0 Å². The fraction of sp³-hybridized carbons (Fsp3) is 0.207. The van der Waals surface area contributed by atoms with Gasteiger partial charge < -0.3 is 20.2 Å². The summed E-state index contributed by atoms with van der Waals surface area (Å²) >= 11 is 0. The molecule has 1 heterocycles. The molecular formula is C29H26N2O5. The van der Waals surface area contributed by atoms with Crippen LogP contribution in [0.5, 0.6) is 0 Å². The molecule has 0 radical (unpaired) electrons. The van der Waals surface area contributed by atoms with Gasteiger partial charge in [-0.25, -0.2) is 4.79 Å². The van der Waals surface area contributed by atoms with Crippen LogP contribution in [0.3, 0.4) is 0 Å². The number of fused-ring (bicyclic) bond motifs is 2. The number of amides is 1. The van der Waals surface area contributed by atoms with Gasteiger partial charge >= 0.3 is 5.97 Å². The number of anilines is 1. The molecule has 2 aromatic rings. The Morgan fingerprint density at radius 3 is 2.61 bits per heavy atom. The largest absolute Gasteiger partial charge is 0.478 e. The molecule has 1 aliphatic carbocycles. The summed E-state index contributed by atoms with van der Waals surface area (Å²) in [6.45, 7) is 0.965. The molecule has 0 atom stereocenters. The number of hydrogen-bond acceptors (Lipinski definition) is 5. The van der Waals surface area contributed by atoms with Gasteiger partial charge in [-0.3, -0.25) is 9.59 Å². The SMILES string of the molecule is C#CCNC(=O)CCCCCNc1ccc2c(-c3ccccc3C(=O)O)c3ccc(=O)cc-3oc2c1. The Labute approximate surface area is 208 Å². The maximum atomic E-state index is 12.0. The minimum Gasteiger partial charge on any atom is -0.478 e. The molecule has 0 spiro atoms. The third-order valence-electron chi connectivity index (χ3n) is 5.92. The van der Waals surface area contributed by atoms with Crippen LogP contribution < -0.4 is 16.1 Å². The lowest BCUT2D eigenvalue weighted by Gasteiger charge is -2.17. The van der Waals surface area contributed by atoms with Gasteiger partial charge in [0.1, 0.15) is 11.3 Å². The van der Waals surface area contributed by atoms with Crippen LogP contribution in [0, 0.1) is 12.3 Å². The first kappa shape index (κ1) is 24.6. The summed E-state index contributed by atoms with van der Waals surface area (Å²) in [5, 5.41) is 16.5. The van der Waals surface area contributed by atoms with Gasteiger partial charge in [0.15, 0.2) is 5.43 Å². The van der Waals surface area contributed by atoms with Gasteiger partial charge in [0.25, 0.3) is 0 Å². The number of terminal acetylenes is 1. The molecule has 7 nitrogen and oxygen atoms in total. The summed E-state index contributed by atoms with van der Waals surface area (Å²) in [7, 11) is 0. The predicted molar refractivity (Wildman–Crippen MR) is 140 cm³/mol. The molecule has 0 bridgehead atoms. The molecule has 182 valence electrons. The second-order valence-corrected chi connectivity index (χ2v) is 8.41. The monoisotopic (exact) mass is 482 g/mol. The molecule has 3 N–H and O–H groups in total. The van der Waals surface area contributed by atoms with E-state index in [1.165, 1.54) is 12.1 Å². The van der Waals surface area contributed by atoms with Crippen molar-refractivity contribution in [1.82, 2.24) is 5.32 Å². The second kappa shape index (κ2) is 11.2. The number of carboxylic acids is 1. The Morgan fingerprint density at radius 1 is 0.972 bits per heavy atom. The number of carbonyl (C=O) groups is 2. The summed E-state index contributed by atoms with van der Waals surface area (Å²) < 4.78 is 6.09. The summed E-state index contributed by atoms with van der Waals surface area (Å²) in [6, 6.07) is 17.0. The molecule has 1 aliphatic heterocycles. The Hall–Kier alpha value is -4.57. The van der Waals surface area contributed by atoms with Crippen molar-refractivity contribution in [3.8, 4) is 34.8 Å². The lowest BCUT2D eigenvalue weighted by atomic mass is 9.91. The van der Waals surface area contributed by atoms with Crippen LogP contribution >= 0.6 is 0 Å². The van der Waals surface area contributed by atoms with Gasteiger partial charge in [0.2, 0.25) is 5.91 Å². The van der Waals surface area contributed by atoms with Gasteiger partial charge in [0, 0.05) is 47.3 Å². The molecule has 0 unspecified atom stereocenters. The highest BCUT2D eigenvalue weighted by atomic mass is 16.4. The van der Waals surface area contributed by atoms with E-state index in [1.54, 1.807) is 30.3 Å². The van der Waals surface area contributed by atoms with Crippen LogP contribution in [-0.2, 0) is 4.79 Å². The Balaban J connectivity index is 1.58. The molecule has 0 saturated carbocycles. The van der Waals surface area contributed by atoms with E-state index in [0.717, 1.165) is 30.3 Å². The first-order valence-corrected chi connectivity index (χ1v) is 11.8. The summed E-state index contributed by atoms with van der Waals surface area (Å²) in [5.74, 6) is 1.71. The average molecular weight is 483 g/mol. The fourth-order valence-electron chi connectivity index (χ4n) is 4.22. The van der Waals surface area contributed by atoms with Crippen LogP contribution in [0.15, 0.2) is 69.9 Å². The molecule has 2 aromatic carbocycles. The molecule has 0 saturated heterocycles. The van der Waals surface area contributed by atoms with Crippen molar-refractivity contribution in [1.29, 1.82) is 0 Å². The van der Waals surface area contributed by atoms with Crippen LogP contribution in [0.1, 0.15) is 36.0 Å². The predicted octanol–water partition coefficient (Wildman–Crippen LogP) is 4.98. The first-order valence-electron chi connectivity index (χ1n) is 11.8. The summed E-state index contributed by atoms with van der Waals surface area (Å²) in [4.78, 5) is 35.6. The number of carboxylic acid groups (broad SMARTS) is 1. The van der Waals surface area contributed by atoms with Crippen molar-refractivity contribution >= 4 is 28.5 Å². The number of nitrogens with one attached hydrogen (secondary N) is 2. The highest BCUT2D eigenvalue weighted by Gasteiger charge is 2.21. The normalized spacial score (nSPS) is 10.8. The van der Waals surface area contributed by atoms with E-state index in [1.807, 2.05) is 18.2 Å². The summed E-state index contributed by atoms with van der Waals surface area (Å²) in [6.07, 6.45) is 8.13. The number of carbonyl (C=O) groups excluding carboxylic acids is 1. The molecule has 0 fully saturated rings. The number of hydrogen-bond donors (Lipinski definition) is 3. The van der Waals surface area contributed by atoms with Gasteiger partial charge in [-0.15, -0.1) is 6.42 Å². The second-order valence-electron chi connectivity index (χ2n) is 8.41. The van der Waals surface area contributed by atoms with Crippen LogP contribution in [0.2, 0.25) is 0 Å². The third kappa shape index (κ3) is 5.56. The highest BCUT2D eigenvalue weighted by molar-refractivity contribution is 6.07. The molecule has 7 heteroatoms. The number of benzene rings is 3. The molecular weight excluding hydrogens is 456 g/mol. The number of rotatable bonds is 10. The van der Waals surface area contributed by atoms with Crippen molar-refractivity contribution < 1.29 is 19.1 Å². The zero-order valence-electron chi connectivity index (χ0n) is 19.7. The van der Waals surface area contributed by atoms with Gasteiger partial charge in [-0.05, 0) is 48.7 Å². The number of aromatic carboxylic acids is 1. The topological polar surface area (TPSA) is 109 Å². The van der Waals surface area contributed by atoms with Gasteiger partial charge in [-0.1, -0.05) is 30.5 Å². The third-order valence-corrected chi connectivity index (χ3v) is 5.92. The maximum Gasteiger partial charge on any atom is 0.336 e. The highest BCUT2D eigenvalue weighted by Crippen LogP contribution is 2.41. The van der Waals surface area contributed by atoms with E-state index in [9.17, 15) is 19.5 Å². The standard InChI is InChI=1S/C29H26N2O5/c1-2-15-31-27(33)10-4-3-7-16-30-19-11-13-23-25(17-19)36-26-18-20(32)12-14-24(26)28(23)21-8-5-6-9-22(21)29(34)35/h1,5-6,8-9,11-14,17-18,30H,3-4,7,10,15-16H2,(H,31,33)(H,34,35). The zero-order chi connectivity index (χ0) is 25.5. The van der Waals surface area contributed by atoms with Crippen molar-refractivity contribution in [2.45, 2.75) is 25.7 Å². The van der Waals surface area contributed by atoms with Gasteiger partial charge in [0.05, 0.1) is 12.1 Å². The molecule has 2 aliphatic rings. The van der Waals surface area contributed by atoms with Crippen molar-refractivity contribution in [3.63, 3.8) is 0 Å². The van der Waals surface area contributed by atoms with Crippen molar-refractivity contribution in [3.05, 3.63) is 76.5 Å². The van der Waals surface area contributed by atoms with E-state index >= 15 is 0 Å². The molecule has 4 rings (SSSR count). The lowest BCUT2D eigenvalue weighted by Crippen LogP contribution is -2.22. The minimum absolute atomic E-state index is 0.0363. The smallest absolute Gasteiger partial charge is 0.336 e. The van der Waals surface area contributed by atoms with E-state index in [2.05, 4.69) is 16.6 Å². The molecule has 0 aromatic heterocycles. The van der Waals surface area contributed by atoms with E-state index in [4.69, 9.17) is 10.8 Å². The van der Waals surface area contributed by atoms with E-state index in [-0.39, 0.29) is 23.4 Å².